The fraction of sp³-hybridized carbons (Fsp3) is 0.250. The highest BCUT2D eigenvalue weighted by Crippen LogP contribution is 2.37. The molecule has 0 spiro atoms. The average Bonchev–Trinajstić information content (AvgIpc) is 3.03. The van der Waals surface area contributed by atoms with Crippen LogP contribution in [0.1, 0.15) is 38.0 Å². The Kier molecular flexibility index (Phi) is 4.03. The molecule has 1 aromatic carbocycles. The number of benzene rings is 1. The third kappa shape index (κ3) is 2.60. The van der Waals surface area contributed by atoms with E-state index in [1.807, 2.05) is 6.07 Å². The predicted molar refractivity (Wildman–Crippen MR) is 85.5 cm³/mol. The molecule has 1 aromatic heterocycles. The molecule has 0 aliphatic heterocycles. The number of rotatable bonds is 3. The molecule has 0 saturated heterocycles. The number of aryl methyl sites for hydroxylation is 2. The Hall–Kier alpha value is -1.34. The maximum atomic E-state index is 12.7. The summed E-state index contributed by atoms with van der Waals surface area (Å²) in [6.45, 7) is 0. The van der Waals surface area contributed by atoms with E-state index in [4.69, 9.17) is 23.2 Å². The molecule has 1 atom stereocenters. The Labute approximate surface area is 136 Å². The first-order valence-electron chi connectivity index (χ1n) is 6.61. The molecule has 0 N–H and O–H groups in total. The van der Waals surface area contributed by atoms with Crippen LogP contribution in [0, 0.1) is 11.3 Å². The molecule has 21 heavy (non-hydrogen) atoms. The Morgan fingerprint density at radius 3 is 2.62 bits per heavy atom. The van der Waals surface area contributed by atoms with Gasteiger partial charge in [0, 0.05) is 20.5 Å². The van der Waals surface area contributed by atoms with Gasteiger partial charge in [-0.2, -0.15) is 5.26 Å². The van der Waals surface area contributed by atoms with E-state index < -0.39 is 5.92 Å². The van der Waals surface area contributed by atoms with E-state index in [-0.39, 0.29) is 5.78 Å². The Bertz CT molecular complexity index is 718. The molecule has 2 aromatic rings. The lowest BCUT2D eigenvalue weighted by Gasteiger charge is -2.11. The number of nitrogens with zero attached hydrogens (tertiary/aromatic N) is 1. The highest BCUT2D eigenvalue weighted by molar-refractivity contribution is 7.14. The van der Waals surface area contributed by atoms with Gasteiger partial charge in [0.25, 0.3) is 0 Å². The number of ketones is 1. The molecular formula is C16H11Cl2NOS. The SMILES string of the molecule is N#CC(C(=O)c1cc2c(s1)CCC2)c1c(Cl)cccc1Cl. The van der Waals surface area contributed by atoms with Crippen LogP contribution >= 0.6 is 34.5 Å². The molecule has 1 unspecified atom stereocenters. The zero-order valence-electron chi connectivity index (χ0n) is 11.0. The molecule has 5 heteroatoms. The van der Waals surface area contributed by atoms with Crippen molar-refractivity contribution in [2.45, 2.75) is 25.2 Å². The molecule has 3 rings (SSSR count). The molecule has 0 amide bonds. The van der Waals surface area contributed by atoms with Gasteiger partial charge >= 0.3 is 0 Å². The van der Waals surface area contributed by atoms with Gasteiger partial charge in [0.05, 0.1) is 10.9 Å². The minimum Gasteiger partial charge on any atom is -0.291 e. The van der Waals surface area contributed by atoms with Gasteiger partial charge in [-0.25, -0.2) is 0 Å². The number of nitriles is 1. The van der Waals surface area contributed by atoms with E-state index in [2.05, 4.69) is 6.07 Å². The minimum absolute atomic E-state index is 0.216. The largest absolute Gasteiger partial charge is 0.291 e. The number of hydrogen-bond acceptors (Lipinski definition) is 3. The summed E-state index contributed by atoms with van der Waals surface area (Å²) in [6, 6.07) is 8.97. The molecule has 1 aliphatic carbocycles. The van der Waals surface area contributed by atoms with Crippen LogP contribution in [0.25, 0.3) is 0 Å². The highest BCUT2D eigenvalue weighted by atomic mass is 35.5. The second kappa shape index (κ2) is 5.81. The topological polar surface area (TPSA) is 40.9 Å². The smallest absolute Gasteiger partial charge is 0.194 e. The van der Waals surface area contributed by atoms with Gasteiger partial charge in [-0.1, -0.05) is 29.3 Å². The van der Waals surface area contributed by atoms with Crippen LogP contribution in [0.3, 0.4) is 0 Å². The van der Waals surface area contributed by atoms with Crippen molar-refractivity contribution in [3.05, 3.63) is 55.2 Å². The predicted octanol–water partition coefficient (Wildman–Crippen LogP) is 5.03. The van der Waals surface area contributed by atoms with Crippen LogP contribution in [0.2, 0.25) is 10.0 Å². The lowest BCUT2D eigenvalue weighted by molar-refractivity contribution is 0.0982. The van der Waals surface area contributed by atoms with Crippen molar-refractivity contribution in [2.75, 3.05) is 0 Å². The van der Waals surface area contributed by atoms with Crippen molar-refractivity contribution in [1.82, 2.24) is 0 Å². The summed E-state index contributed by atoms with van der Waals surface area (Å²) < 4.78 is 0. The van der Waals surface area contributed by atoms with Crippen LogP contribution in [0.5, 0.6) is 0 Å². The first-order chi connectivity index (χ1) is 10.1. The summed E-state index contributed by atoms with van der Waals surface area (Å²) in [6.07, 6.45) is 3.19. The summed E-state index contributed by atoms with van der Waals surface area (Å²) in [4.78, 5) is 14.5. The highest BCUT2D eigenvalue weighted by Gasteiger charge is 2.29. The molecule has 0 bridgehead atoms. The zero-order chi connectivity index (χ0) is 15.0. The van der Waals surface area contributed by atoms with E-state index in [9.17, 15) is 10.1 Å². The van der Waals surface area contributed by atoms with Gasteiger partial charge < -0.3 is 0 Å². The van der Waals surface area contributed by atoms with Gasteiger partial charge in [-0.3, -0.25) is 4.79 Å². The number of fused-ring (bicyclic) bond motifs is 1. The number of carbonyl (C=O) groups excluding carboxylic acids is 1. The first kappa shape index (κ1) is 14.6. The van der Waals surface area contributed by atoms with E-state index >= 15 is 0 Å². The normalized spacial score (nSPS) is 14.5. The van der Waals surface area contributed by atoms with Crippen molar-refractivity contribution in [3.63, 3.8) is 0 Å². The summed E-state index contributed by atoms with van der Waals surface area (Å²) in [5, 5.41) is 10.1. The number of halogens is 2. The fourth-order valence-electron chi connectivity index (χ4n) is 2.63. The van der Waals surface area contributed by atoms with Crippen LogP contribution in [0.4, 0.5) is 0 Å². The molecule has 0 radical (unpaired) electrons. The second-order valence-electron chi connectivity index (χ2n) is 4.97. The molecule has 0 fully saturated rings. The van der Waals surface area contributed by atoms with Gasteiger partial charge in [-0.05, 0) is 43.0 Å². The van der Waals surface area contributed by atoms with Gasteiger partial charge in [-0.15, -0.1) is 11.3 Å². The Morgan fingerprint density at radius 1 is 1.29 bits per heavy atom. The summed E-state index contributed by atoms with van der Waals surface area (Å²) in [5.74, 6) is -1.17. The Balaban J connectivity index is 2.00. The quantitative estimate of drug-likeness (QED) is 0.737. The van der Waals surface area contributed by atoms with Crippen molar-refractivity contribution in [2.24, 2.45) is 0 Å². The van der Waals surface area contributed by atoms with Crippen LogP contribution in [0.15, 0.2) is 24.3 Å². The molecule has 0 saturated carbocycles. The van der Waals surface area contributed by atoms with Gasteiger partial charge in [0.2, 0.25) is 0 Å². The number of Topliss-reactive ketones (excluding diaryl/α,β-unsaturated/α-hetero) is 1. The standard InChI is InChI=1S/C16H11Cl2NOS/c17-11-4-2-5-12(18)15(11)10(8-19)16(20)14-7-9-3-1-6-13(9)21-14/h2,4-5,7,10H,1,3,6H2. The number of thiophene rings is 1. The summed E-state index contributed by atoms with van der Waals surface area (Å²) >= 11 is 13.7. The molecule has 1 aliphatic rings. The molecule has 1 heterocycles. The van der Waals surface area contributed by atoms with Crippen molar-refractivity contribution in [3.8, 4) is 6.07 Å². The Morgan fingerprint density at radius 2 is 2.00 bits per heavy atom. The van der Waals surface area contributed by atoms with Crippen LogP contribution < -0.4 is 0 Å². The third-order valence-electron chi connectivity index (χ3n) is 3.67. The van der Waals surface area contributed by atoms with Crippen molar-refractivity contribution >= 4 is 40.3 Å². The van der Waals surface area contributed by atoms with Gasteiger partial charge in [0.1, 0.15) is 5.92 Å². The summed E-state index contributed by atoms with van der Waals surface area (Å²) in [7, 11) is 0. The van der Waals surface area contributed by atoms with E-state index in [0.717, 1.165) is 19.3 Å². The van der Waals surface area contributed by atoms with Crippen molar-refractivity contribution in [1.29, 1.82) is 5.26 Å². The lowest BCUT2D eigenvalue weighted by Crippen LogP contribution is -2.11. The van der Waals surface area contributed by atoms with E-state index in [1.165, 1.54) is 21.8 Å². The molecule has 2 nitrogen and oxygen atoms in total. The number of carbonyl (C=O) groups is 1. The maximum absolute atomic E-state index is 12.7. The lowest BCUT2D eigenvalue weighted by atomic mass is 9.95. The van der Waals surface area contributed by atoms with E-state index in [1.54, 1.807) is 18.2 Å². The van der Waals surface area contributed by atoms with Crippen LogP contribution in [-0.2, 0) is 12.8 Å². The van der Waals surface area contributed by atoms with E-state index in [0.29, 0.717) is 20.5 Å². The molecular weight excluding hydrogens is 325 g/mol. The minimum atomic E-state index is -0.954. The van der Waals surface area contributed by atoms with Crippen molar-refractivity contribution < 1.29 is 4.79 Å². The number of hydrogen-bond donors (Lipinski definition) is 0. The fourth-order valence-corrected chi connectivity index (χ4v) is 4.47. The average molecular weight is 336 g/mol. The second-order valence-corrected chi connectivity index (χ2v) is 6.93. The summed E-state index contributed by atoms with van der Waals surface area (Å²) in [5.41, 5.74) is 1.65. The third-order valence-corrected chi connectivity index (χ3v) is 5.58. The van der Waals surface area contributed by atoms with Crippen LogP contribution in [-0.4, -0.2) is 5.78 Å². The monoisotopic (exact) mass is 335 g/mol. The van der Waals surface area contributed by atoms with Gasteiger partial charge in [0.15, 0.2) is 5.78 Å². The molecule has 106 valence electrons. The zero-order valence-corrected chi connectivity index (χ0v) is 13.4. The first-order valence-corrected chi connectivity index (χ1v) is 8.18. The maximum Gasteiger partial charge on any atom is 0.194 e.